The summed E-state index contributed by atoms with van der Waals surface area (Å²) in [5.41, 5.74) is 4.94. The SMILES string of the molecule is CC(CC(C)C)=NNC(=O)C1CC1c1ccccc1. The highest BCUT2D eigenvalue weighted by Crippen LogP contribution is 2.47. The van der Waals surface area contributed by atoms with Crippen molar-refractivity contribution in [3.05, 3.63) is 35.9 Å². The molecule has 2 atom stereocenters. The molecular weight excluding hydrogens is 236 g/mol. The predicted octanol–water partition coefficient (Wildman–Crippen LogP) is 3.33. The molecule has 0 aromatic heterocycles. The Bertz CT molecular complexity index is 465. The van der Waals surface area contributed by atoms with Gasteiger partial charge in [0, 0.05) is 11.6 Å². The lowest BCUT2D eigenvalue weighted by Crippen LogP contribution is -2.21. The monoisotopic (exact) mass is 258 g/mol. The van der Waals surface area contributed by atoms with E-state index >= 15 is 0 Å². The molecule has 0 radical (unpaired) electrons. The van der Waals surface area contributed by atoms with Crippen LogP contribution in [0.25, 0.3) is 0 Å². The zero-order chi connectivity index (χ0) is 13.8. The Labute approximate surface area is 115 Å². The van der Waals surface area contributed by atoms with Crippen LogP contribution < -0.4 is 5.43 Å². The van der Waals surface area contributed by atoms with E-state index in [2.05, 4.69) is 36.5 Å². The van der Waals surface area contributed by atoms with Crippen molar-refractivity contribution >= 4 is 11.6 Å². The van der Waals surface area contributed by atoms with E-state index in [1.165, 1.54) is 5.56 Å². The molecule has 0 bridgehead atoms. The Morgan fingerprint density at radius 1 is 1.37 bits per heavy atom. The molecule has 19 heavy (non-hydrogen) atoms. The molecule has 102 valence electrons. The van der Waals surface area contributed by atoms with Gasteiger partial charge in [-0.25, -0.2) is 5.43 Å². The van der Waals surface area contributed by atoms with Gasteiger partial charge in [0.1, 0.15) is 0 Å². The summed E-state index contributed by atoms with van der Waals surface area (Å²) in [4.78, 5) is 12.0. The van der Waals surface area contributed by atoms with E-state index in [9.17, 15) is 4.79 Å². The summed E-state index contributed by atoms with van der Waals surface area (Å²) in [5.74, 6) is 1.09. The maximum atomic E-state index is 12.0. The van der Waals surface area contributed by atoms with E-state index < -0.39 is 0 Å². The first-order valence-electron chi connectivity index (χ1n) is 6.96. The molecule has 1 aliphatic rings. The number of hydrogen-bond acceptors (Lipinski definition) is 2. The zero-order valence-corrected chi connectivity index (χ0v) is 11.9. The van der Waals surface area contributed by atoms with Gasteiger partial charge in [0.05, 0.1) is 0 Å². The number of carbonyl (C=O) groups excluding carboxylic acids is 1. The Morgan fingerprint density at radius 3 is 2.68 bits per heavy atom. The Hall–Kier alpha value is -1.64. The van der Waals surface area contributed by atoms with Gasteiger partial charge in [0.15, 0.2) is 0 Å². The van der Waals surface area contributed by atoms with Crippen molar-refractivity contribution in [1.29, 1.82) is 0 Å². The van der Waals surface area contributed by atoms with Gasteiger partial charge >= 0.3 is 0 Å². The number of nitrogens with zero attached hydrogens (tertiary/aromatic N) is 1. The minimum atomic E-state index is 0.0527. The number of nitrogens with one attached hydrogen (secondary N) is 1. The fourth-order valence-electron chi connectivity index (χ4n) is 2.42. The fourth-order valence-corrected chi connectivity index (χ4v) is 2.42. The summed E-state index contributed by atoms with van der Waals surface area (Å²) in [5, 5.41) is 4.17. The van der Waals surface area contributed by atoms with E-state index in [-0.39, 0.29) is 11.8 Å². The van der Waals surface area contributed by atoms with E-state index in [1.807, 2.05) is 25.1 Å². The van der Waals surface area contributed by atoms with Crippen LogP contribution in [0.4, 0.5) is 0 Å². The molecule has 0 spiro atoms. The average molecular weight is 258 g/mol. The first kappa shape index (κ1) is 13.8. The minimum Gasteiger partial charge on any atom is -0.273 e. The molecule has 1 aromatic carbocycles. The lowest BCUT2D eigenvalue weighted by molar-refractivity contribution is -0.122. The number of hydrazone groups is 1. The summed E-state index contributed by atoms with van der Waals surface area (Å²) in [7, 11) is 0. The van der Waals surface area contributed by atoms with Crippen molar-refractivity contribution in [3.63, 3.8) is 0 Å². The van der Waals surface area contributed by atoms with Gasteiger partial charge in [-0.1, -0.05) is 44.2 Å². The van der Waals surface area contributed by atoms with Crippen LogP contribution in [0, 0.1) is 11.8 Å². The molecule has 1 amide bonds. The van der Waals surface area contributed by atoms with Crippen molar-refractivity contribution in [3.8, 4) is 0 Å². The largest absolute Gasteiger partial charge is 0.273 e. The van der Waals surface area contributed by atoms with Crippen LogP contribution >= 0.6 is 0 Å². The van der Waals surface area contributed by atoms with Crippen LogP contribution in [-0.4, -0.2) is 11.6 Å². The van der Waals surface area contributed by atoms with Crippen molar-refractivity contribution in [1.82, 2.24) is 5.43 Å². The summed E-state index contributed by atoms with van der Waals surface area (Å²) in [6.07, 6.45) is 1.86. The second kappa shape index (κ2) is 6.00. The molecule has 2 unspecified atom stereocenters. The number of benzene rings is 1. The highest BCUT2D eigenvalue weighted by atomic mass is 16.2. The van der Waals surface area contributed by atoms with Gasteiger partial charge in [0.2, 0.25) is 5.91 Å². The Morgan fingerprint density at radius 2 is 2.05 bits per heavy atom. The van der Waals surface area contributed by atoms with E-state index in [4.69, 9.17) is 0 Å². The average Bonchev–Trinajstić information content (AvgIpc) is 3.16. The smallest absolute Gasteiger partial charge is 0.243 e. The molecule has 0 saturated heterocycles. The summed E-state index contributed by atoms with van der Waals surface area (Å²) < 4.78 is 0. The second-order valence-corrected chi connectivity index (χ2v) is 5.78. The molecule has 3 heteroatoms. The van der Waals surface area contributed by atoms with Crippen molar-refractivity contribution in [2.45, 2.75) is 39.5 Å². The van der Waals surface area contributed by atoms with E-state index in [0.29, 0.717) is 11.8 Å². The van der Waals surface area contributed by atoms with Crippen LogP contribution in [0.3, 0.4) is 0 Å². The molecule has 3 nitrogen and oxygen atoms in total. The number of hydrogen-bond donors (Lipinski definition) is 1. The first-order chi connectivity index (χ1) is 9.08. The third-order valence-electron chi connectivity index (χ3n) is 3.42. The number of carbonyl (C=O) groups is 1. The summed E-state index contributed by atoms with van der Waals surface area (Å²) in [6, 6.07) is 10.2. The molecule has 1 aliphatic carbocycles. The molecular formula is C16H22N2O. The van der Waals surface area contributed by atoms with Crippen LogP contribution in [-0.2, 0) is 4.79 Å². The topological polar surface area (TPSA) is 41.5 Å². The molecule has 1 fully saturated rings. The third-order valence-corrected chi connectivity index (χ3v) is 3.42. The van der Waals surface area contributed by atoms with Crippen LogP contribution in [0.15, 0.2) is 35.4 Å². The maximum absolute atomic E-state index is 12.0. The van der Waals surface area contributed by atoms with Crippen molar-refractivity contribution in [2.24, 2.45) is 16.9 Å². The van der Waals surface area contributed by atoms with Gasteiger partial charge in [-0.3, -0.25) is 4.79 Å². The molecule has 0 heterocycles. The number of rotatable bonds is 5. The van der Waals surface area contributed by atoms with Crippen molar-refractivity contribution < 1.29 is 4.79 Å². The number of amides is 1. The van der Waals surface area contributed by atoms with Gasteiger partial charge in [-0.05, 0) is 37.2 Å². The highest BCUT2D eigenvalue weighted by Gasteiger charge is 2.43. The second-order valence-electron chi connectivity index (χ2n) is 5.78. The van der Waals surface area contributed by atoms with Gasteiger partial charge in [0.25, 0.3) is 0 Å². The summed E-state index contributed by atoms with van der Waals surface area (Å²) in [6.45, 7) is 6.25. The van der Waals surface area contributed by atoms with Gasteiger partial charge < -0.3 is 0 Å². The maximum Gasteiger partial charge on any atom is 0.243 e. The fraction of sp³-hybridized carbons (Fsp3) is 0.500. The van der Waals surface area contributed by atoms with Gasteiger partial charge in [-0.2, -0.15) is 5.10 Å². The molecule has 0 aliphatic heterocycles. The lowest BCUT2D eigenvalue weighted by Gasteiger charge is -2.05. The molecule has 1 N–H and O–H groups in total. The van der Waals surface area contributed by atoms with E-state index in [1.54, 1.807) is 0 Å². The Balaban J connectivity index is 1.83. The predicted molar refractivity (Wildman–Crippen MR) is 78.0 cm³/mol. The lowest BCUT2D eigenvalue weighted by atomic mass is 10.1. The molecule has 2 rings (SSSR count). The zero-order valence-electron chi connectivity index (χ0n) is 11.9. The summed E-state index contributed by atoms with van der Waals surface area (Å²) >= 11 is 0. The van der Waals surface area contributed by atoms with Gasteiger partial charge in [-0.15, -0.1) is 0 Å². The van der Waals surface area contributed by atoms with Crippen molar-refractivity contribution in [2.75, 3.05) is 0 Å². The highest BCUT2D eigenvalue weighted by molar-refractivity contribution is 5.86. The normalized spacial score (nSPS) is 22.4. The van der Waals surface area contributed by atoms with Crippen LogP contribution in [0.5, 0.6) is 0 Å². The minimum absolute atomic E-state index is 0.0527. The van der Waals surface area contributed by atoms with Crippen LogP contribution in [0.1, 0.15) is 45.1 Å². The first-order valence-corrected chi connectivity index (χ1v) is 6.96. The quantitative estimate of drug-likeness (QED) is 0.639. The van der Waals surface area contributed by atoms with Crippen LogP contribution in [0.2, 0.25) is 0 Å². The third kappa shape index (κ3) is 3.91. The Kier molecular flexibility index (Phi) is 4.35. The van der Waals surface area contributed by atoms with E-state index in [0.717, 1.165) is 18.6 Å². The molecule has 1 aromatic rings. The standard InChI is InChI=1S/C16H22N2O/c1-11(2)9-12(3)17-18-16(19)15-10-14(15)13-7-5-4-6-8-13/h4-8,11,14-15H,9-10H2,1-3H3,(H,18,19). The molecule has 1 saturated carbocycles.